The van der Waals surface area contributed by atoms with E-state index in [2.05, 4.69) is 25.8 Å². The van der Waals surface area contributed by atoms with Gasteiger partial charge in [-0.2, -0.15) is 5.10 Å². The summed E-state index contributed by atoms with van der Waals surface area (Å²) in [5, 5.41) is 12.8. The van der Waals surface area contributed by atoms with Crippen LogP contribution in [0.15, 0.2) is 24.5 Å². The summed E-state index contributed by atoms with van der Waals surface area (Å²) in [4.78, 5) is 29.9. The van der Waals surface area contributed by atoms with Crippen LogP contribution in [-0.4, -0.2) is 38.1 Å². The number of aromatic amines is 1. The molecular formula is C19H24N6O2. The highest BCUT2D eigenvalue weighted by molar-refractivity contribution is 5.89. The molecule has 3 N–H and O–H groups in total. The normalized spacial score (nSPS) is 21.6. The van der Waals surface area contributed by atoms with Gasteiger partial charge in [-0.15, -0.1) is 0 Å². The Labute approximate surface area is 157 Å². The maximum atomic E-state index is 12.3. The third-order valence-electron chi connectivity index (χ3n) is 5.51. The minimum atomic E-state index is -0.181. The smallest absolute Gasteiger partial charge is 0.319 e. The second-order valence-electron chi connectivity index (χ2n) is 7.38. The summed E-state index contributed by atoms with van der Waals surface area (Å²) in [6.07, 6.45) is 5.37. The summed E-state index contributed by atoms with van der Waals surface area (Å²) >= 11 is 0. The van der Waals surface area contributed by atoms with Gasteiger partial charge in [0.25, 0.3) is 0 Å². The minimum absolute atomic E-state index is 0.0689. The molecule has 27 heavy (non-hydrogen) atoms. The first-order valence-electron chi connectivity index (χ1n) is 9.38. The topological polar surface area (TPSA) is 103 Å². The molecule has 0 atom stereocenters. The molecule has 1 saturated carbocycles. The molecule has 0 saturated heterocycles. The fourth-order valence-corrected chi connectivity index (χ4v) is 3.97. The average molecular weight is 368 g/mol. The van der Waals surface area contributed by atoms with Crippen LogP contribution in [0, 0.1) is 0 Å². The summed E-state index contributed by atoms with van der Waals surface area (Å²) in [5.41, 5.74) is 2.99. The predicted molar refractivity (Wildman–Crippen MR) is 99.9 cm³/mol. The molecule has 8 heteroatoms. The zero-order valence-electron chi connectivity index (χ0n) is 15.4. The highest BCUT2D eigenvalue weighted by atomic mass is 16.2. The van der Waals surface area contributed by atoms with E-state index in [1.807, 2.05) is 18.2 Å². The molecule has 2 heterocycles. The Bertz CT molecular complexity index is 827. The number of hydrogen-bond acceptors (Lipinski definition) is 4. The maximum absolute atomic E-state index is 12.3. The number of H-pyrrole nitrogens is 1. The van der Waals surface area contributed by atoms with Crippen LogP contribution in [0.4, 0.5) is 10.5 Å². The minimum Gasteiger partial charge on any atom is -0.335 e. The molecule has 8 nitrogen and oxygen atoms in total. The van der Waals surface area contributed by atoms with E-state index in [1.165, 1.54) is 0 Å². The molecule has 0 radical (unpaired) electrons. The SMILES string of the molecule is CC(=O)N1Cc2ccc(NC(=O)NC3CCC(c4ncn[nH]4)CC3)cc2C1. The Morgan fingerprint density at radius 2 is 1.93 bits per heavy atom. The Kier molecular flexibility index (Phi) is 4.79. The van der Waals surface area contributed by atoms with Crippen LogP contribution in [0.1, 0.15) is 55.5 Å². The Hall–Kier alpha value is -2.90. The summed E-state index contributed by atoms with van der Waals surface area (Å²) in [6, 6.07) is 5.82. The van der Waals surface area contributed by atoms with E-state index in [0.717, 1.165) is 48.3 Å². The number of nitrogens with zero attached hydrogens (tertiary/aromatic N) is 3. The number of rotatable bonds is 3. The van der Waals surface area contributed by atoms with E-state index in [1.54, 1.807) is 18.2 Å². The first-order chi connectivity index (χ1) is 13.1. The highest BCUT2D eigenvalue weighted by Crippen LogP contribution is 2.31. The van der Waals surface area contributed by atoms with Gasteiger partial charge in [0.15, 0.2) is 0 Å². The fourth-order valence-electron chi connectivity index (χ4n) is 3.97. The number of amides is 3. The van der Waals surface area contributed by atoms with Crippen LogP contribution in [-0.2, 0) is 17.9 Å². The number of urea groups is 1. The molecule has 1 aromatic heterocycles. The van der Waals surface area contributed by atoms with Crippen LogP contribution < -0.4 is 10.6 Å². The number of hydrogen-bond donors (Lipinski definition) is 3. The van der Waals surface area contributed by atoms with E-state index in [0.29, 0.717) is 19.0 Å². The molecule has 0 unspecified atom stereocenters. The summed E-state index contributed by atoms with van der Waals surface area (Å²) in [5.74, 6) is 1.41. The van der Waals surface area contributed by atoms with E-state index in [9.17, 15) is 9.59 Å². The van der Waals surface area contributed by atoms with Gasteiger partial charge in [0.2, 0.25) is 5.91 Å². The third kappa shape index (κ3) is 3.94. The molecule has 1 fully saturated rings. The van der Waals surface area contributed by atoms with Crippen LogP contribution in [0.25, 0.3) is 0 Å². The standard InChI is InChI=1S/C19H24N6O2/c1-12(26)25-9-14-4-7-17(8-15(14)10-25)23-19(27)22-16-5-2-13(3-6-16)18-20-11-21-24-18/h4,7-8,11,13,16H,2-3,5-6,9-10H2,1H3,(H,20,21,24)(H2,22,23,27). The lowest BCUT2D eigenvalue weighted by atomic mass is 9.85. The van der Waals surface area contributed by atoms with Crippen molar-refractivity contribution in [1.82, 2.24) is 25.4 Å². The molecule has 0 spiro atoms. The van der Waals surface area contributed by atoms with Crippen LogP contribution in [0.5, 0.6) is 0 Å². The van der Waals surface area contributed by atoms with Crippen molar-refractivity contribution in [3.05, 3.63) is 41.5 Å². The number of nitrogens with one attached hydrogen (secondary N) is 3. The molecule has 142 valence electrons. The molecule has 4 rings (SSSR count). The lowest BCUT2D eigenvalue weighted by Gasteiger charge is -2.27. The van der Waals surface area contributed by atoms with Crippen molar-refractivity contribution in [2.24, 2.45) is 0 Å². The van der Waals surface area contributed by atoms with Crippen molar-refractivity contribution in [2.45, 2.75) is 57.7 Å². The van der Waals surface area contributed by atoms with Crippen LogP contribution in [0.2, 0.25) is 0 Å². The number of benzene rings is 1. The molecule has 1 aliphatic carbocycles. The summed E-state index contributed by atoms with van der Waals surface area (Å²) in [6.45, 7) is 2.83. The molecule has 3 amide bonds. The lowest BCUT2D eigenvalue weighted by molar-refractivity contribution is -0.129. The Balaban J connectivity index is 1.28. The quantitative estimate of drug-likeness (QED) is 0.774. The van der Waals surface area contributed by atoms with Gasteiger partial charge in [0.1, 0.15) is 12.2 Å². The van der Waals surface area contributed by atoms with Gasteiger partial charge in [-0.1, -0.05) is 6.07 Å². The molecule has 2 aliphatic rings. The molecular weight excluding hydrogens is 344 g/mol. The van der Waals surface area contributed by atoms with Crippen LogP contribution in [0.3, 0.4) is 0 Å². The van der Waals surface area contributed by atoms with Gasteiger partial charge >= 0.3 is 6.03 Å². The Morgan fingerprint density at radius 3 is 2.63 bits per heavy atom. The second kappa shape index (κ2) is 7.38. The molecule has 1 aliphatic heterocycles. The number of carbonyl (C=O) groups is 2. The molecule has 0 bridgehead atoms. The van der Waals surface area contributed by atoms with Gasteiger partial charge in [-0.3, -0.25) is 9.89 Å². The average Bonchev–Trinajstić information content (AvgIpc) is 3.31. The van der Waals surface area contributed by atoms with Crippen LogP contribution >= 0.6 is 0 Å². The van der Waals surface area contributed by atoms with Crippen molar-refractivity contribution < 1.29 is 9.59 Å². The number of fused-ring (bicyclic) bond motifs is 1. The van der Waals surface area contributed by atoms with Crippen molar-refractivity contribution >= 4 is 17.6 Å². The van der Waals surface area contributed by atoms with Gasteiger partial charge in [0, 0.05) is 37.7 Å². The summed E-state index contributed by atoms with van der Waals surface area (Å²) < 4.78 is 0. The van der Waals surface area contributed by atoms with Crippen molar-refractivity contribution in [3.8, 4) is 0 Å². The van der Waals surface area contributed by atoms with Crippen molar-refractivity contribution in [1.29, 1.82) is 0 Å². The lowest BCUT2D eigenvalue weighted by Crippen LogP contribution is -2.40. The monoisotopic (exact) mass is 368 g/mol. The van der Waals surface area contributed by atoms with E-state index >= 15 is 0 Å². The second-order valence-corrected chi connectivity index (χ2v) is 7.38. The van der Waals surface area contributed by atoms with E-state index < -0.39 is 0 Å². The zero-order chi connectivity index (χ0) is 18.8. The number of carbonyl (C=O) groups excluding carboxylic acids is 2. The van der Waals surface area contributed by atoms with Gasteiger partial charge in [-0.05, 0) is 48.9 Å². The first kappa shape index (κ1) is 17.5. The van der Waals surface area contributed by atoms with E-state index in [-0.39, 0.29) is 18.0 Å². The maximum Gasteiger partial charge on any atom is 0.319 e. The summed E-state index contributed by atoms with van der Waals surface area (Å²) in [7, 11) is 0. The predicted octanol–water partition coefficient (Wildman–Crippen LogP) is 2.51. The highest BCUT2D eigenvalue weighted by Gasteiger charge is 2.25. The molecule has 1 aromatic carbocycles. The third-order valence-corrected chi connectivity index (χ3v) is 5.51. The van der Waals surface area contributed by atoms with Gasteiger partial charge < -0.3 is 15.5 Å². The molecule has 2 aromatic rings. The van der Waals surface area contributed by atoms with E-state index in [4.69, 9.17) is 0 Å². The Morgan fingerprint density at radius 1 is 1.15 bits per heavy atom. The first-order valence-corrected chi connectivity index (χ1v) is 9.38. The van der Waals surface area contributed by atoms with Crippen molar-refractivity contribution in [3.63, 3.8) is 0 Å². The number of anilines is 1. The zero-order valence-corrected chi connectivity index (χ0v) is 15.4. The van der Waals surface area contributed by atoms with Crippen molar-refractivity contribution in [2.75, 3.05) is 5.32 Å². The van der Waals surface area contributed by atoms with Gasteiger partial charge in [0.05, 0.1) is 0 Å². The fraction of sp³-hybridized carbons (Fsp3) is 0.474. The van der Waals surface area contributed by atoms with Gasteiger partial charge in [-0.25, -0.2) is 9.78 Å². The largest absolute Gasteiger partial charge is 0.335 e. The number of aromatic nitrogens is 3.